The second-order valence-corrected chi connectivity index (χ2v) is 11.3. The fourth-order valence-electron chi connectivity index (χ4n) is 4.22. The Labute approximate surface area is 231 Å². The van der Waals surface area contributed by atoms with Gasteiger partial charge in [-0.1, -0.05) is 44.2 Å². The molecule has 0 bridgehead atoms. The van der Waals surface area contributed by atoms with Gasteiger partial charge >= 0.3 is 6.09 Å². The molecule has 0 N–H and O–H groups in total. The average Bonchev–Trinajstić information content (AvgIpc) is 3.39. The summed E-state index contributed by atoms with van der Waals surface area (Å²) in [4.78, 5) is 21.1. The van der Waals surface area contributed by atoms with Crippen LogP contribution in [0.25, 0.3) is 5.57 Å². The maximum atomic E-state index is 13.6. The molecule has 1 amide bonds. The maximum absolute atomic E-state index is 13.6. The molecule has 1 aliphatic rings. The highest BCUT2D eigenvalue weighted by Gasteiger charge is 2.26. The molecule has 206 valence electrons. The Bertz CT molecular complexity index is 1280. The SMILES string of the molecule is CC(C)COc1ccc(CN(Cc2ccc(F)cc2)c2cc(C3=CCN(C(=O)OC(C)(C)C)C3)ccn2)cc1. The highest BCUT2D eigenvalue weighted by atomic mass is 19.1. The number of aromatic nitrogens is 1. The van der Waals surface area contributed by atoms with Crippen LogP contribution in [0.1, 0.15) is 51.3 Å². The first kappa shape index (κ1) is 28.1. The number of hydrogen-bond donors (Lipinski definition) is 0. The van der Waals surface area contributed by atoms with Gasteiger partial charge < -0.3 is 19.3 Å². The van der Waals surface area contributed by atoms with E-state index < -0.39 is 5.60 Å². The number of carbonyl (C=O) groups excluding carboxylic acids is 1. The van der Waals surface area contributed by atoms with E-state index in [4.69, 9.17) is 9.47 Å². The molecule has 1 aliphatic heterocycles. The number of hydrogen-bond acceptors (Lipinski definition) is 5. The topological polar surface area (TPSA) is 54.9 Å². The number of rotatable bonds is 9. The van der Waals surface area contributed by atoms with Crippen LogP contribution in [0.5, 0.6) is 5.75 Å². The summed E-state index contributed by atoms with van der Waals surface area (Å²) in [6, 6.07) is 18.7. The van der Waals surface area contributed by atoms with Crippen LogP contribution in [0.4, 0.5) is 15.0 Å². The van der Waals surface area contributed by atoms with Crippen LogP contribution in [0.15, 0.2) is 72.9 Å². The minimum absolute atomic E-state index is 0.259. The molecule has 4 rings (SSSR count). The number of benzene rings is 2. The molecule has 0 unspecified atom stereocenters. The molecule has 0 saturated heterocycles. The van der Waals surface area contributed by atoms with Gasteiger partial charge in [0.05, 0.1) is 6.61 Å². The summed E-state index contributed by atoms with van der Waals surface area (Å²) < 4.78 is 24.9. The third kappa shape index (κ3) is 8.31. The second-order valence-electron chi connectivity index (χ2n) is 11.3. The molecule has 2 heterocycles. The first-order chi connectivity index (χ1) is 18.6. The molecule has 1 aromatic heterocycles. The van der Waals surface area contributed by atoms with Gasteiger partial charge in [-0.2, -0.15) is 0 Å². The van der Waals surface area contributed by atoms with Crippen molar-refractivity contribution in [2.24, 2.45) is 5.92 Å². The van der Waals surface area contributed by atoms with Crippen molar-refractivity contribution in [3.05, 3.63) is 95.4 Å². The van der Waals surface area contributed by atoms with E-state index in [1.165, 1.54) is 12.1 Å². The van der Waals surface area contributed by atoms with E-state index in [0.29, 0.717) is 38.7 Å². The summed E-state index contributed by atoms with van der Waals surface area (Å²) >= 11 is 0. The lowest BCUT2D eigenvalue weighted by molar-refractivity contribution is 0.0306. The first-order valence-electron chi connectivity index (χ1n) is 13.4. The van der Waals surface area contributed by atoms with E-state index in [1.54, 1.807) is 23.2 Å². The van der Waals surface area contributed by atoms with Crippen molar-refractivity contribution in [3.8, 4) is 5.75 Å². The van der Waals surface area contributed by atoms with E-state index in [1.807, 2.05) is 45.0 Å². The van der Waals surface area contributed by atoms with Crippen molar-refractivity contribution in [2.45, 2.75) is 53.3 Å². The molecular formula is C32H38FN3O3. The first-order valence-corrected chi connectivity index (χ1v) is 13.4. The summed E-state index contributed by atoms with van der Waals surface area (Å²) in [5.74, 6) is 1.85. The fraction of sp³-hybridized carbons (Fsp3) is 0.375. The van der Waals surface area contributed by atoms with Crippen LogP contribution >= 0.6 is 0 Å². The van der Waals surface area contributed by atoms with Gasteiger partial charge in [0.1, 0.15) is 23.0 Å². The van der Waals surface area contributed by atoms with E-state index in [9.17, 15) is 9.18 Å². The van der Waals surface area contributed by atoms with Gasteiger partial charge in [0, 0.05) is 32.4 Å². The van der Waals surface area contributed by atoms with Gasteiger partial charge in [0.15, 0.2) is 0 Å². The van der Waals surface area contributed by atoms with Crippen LogP contribution in [0, 0.1) is 11.7 Å². The molecule has 0 spiro atoms. The van der Waals surface area contributed by atoms with Crippen LogP contribution in [0.2, 0.25) is 0 Å². The number of carbonyl (C=O) groups is 1. The predicted octanol–water partition coefficient (Wildman–Crippen LogP) is 7.10. The minimum Gasteiger partial charge on any atom is -0.493 e. The Balaban J connectivity index is 1.53. The van der Waals surface area contributed by atoms with Crippen molar-refractivity contribution < 1.29 is 18.7 Å². The summed E-state index contributed by atoms with van der Waals surface area (Å²) in [6.45, 7) is 12.7. The monoisotopic (exact) mass is 531 g/mol. The molecule has 0 aliphatic carbocycles. The van der Waals surface area contributed by atoms with Gasteiger partial charge in [0.2, 0.25) is 0 Å². The normalized spacial score (nSPS) is 13.4. The highest BCUT2D eigenvalue weighted by molar-refractivity contribution is 5.78. The lowest BCUT2D eigenvalue weighted by Crippen LogP contribution is -2.35. The zero-order valence-electron chi connectivity index (χ0n) is 23.5. The van der Waals surface area contributed by atoms with Gasteiger partial charge in [-0.05, 0) is 85.4 Å². The zero-order valence-corrected chi connectivity index (χ0v) is 23.5. The maximum Gasteiger partial charge on any atom is 0.410 e. The molecule has 3 aromatic rings. The van der Waals surface area contributed by atoms with E-state index in [-0.39, 0.29) is 11.9 Å². The fourth-order valence-corrected chi connectivity index (χ4v) is 4.22. The number of nitrogens with zero attached hydrogens (tertiary/aromatic N) is 3. The standard InChI is InChI=1S/C32H38FN3O3/c1-23(2)22-38-29-12-8-25(9-13-29)20-36(19-24-6-10-28(33)11-7-24)30-18-26(14-16-34-30)27-15-17-35(21-27)31(37)39-32(3,4)5/h6-16,18,23H,17,19-22H2,1-5H3. The Morgan fingerprint density at radius 3 is 2.28 bits per heavy atom. The van der Waals surface area contributed by atoms with Crippen LogP contribution in [-0.4, -0.2) is 41.3 Å². The summed E-state index contributed by atoms with van der Waals surface area (Å²) in [7, 11) is 0. The van der Waals surface area contributed by atoms with Crippen molar-refractivity contribution in [1.29, 1.82) is 0 Å². The largest absolute Gasteiger partial charge is 0.493 e. The molecule has 0 radical (unpaired) electrons. The van der Waals surface area contributed by atoms with E-state index >= 15 is 0 Å². The zero-order chi connectivity index (χ0) is 28.0. The number of amides is 1. The Kier molecular flexibility index (Phi) is 8.90. The third-order valence-electron chi connectivity index (χ3n) is 6.18. The molecule has 0 fully saturated rings. The third-order valence-corrected chi connectivity index (χ3v) is 6.18. The van der Waals surface area contributed by atoms with Gasteiger partial charge in [-0.15, -0.1) is 0 Å². The van der Waals surface area contributed by atoms with Crippen LogP contribution in [0.3, 0.4) is 0 Å². The van der Waals surface area contributed by atoms with Crippen LogP contribution in [-0.2, 0) is 17.8 Å². The molecule has 39 heavy (non-hydrogen) atoms. The number of ether oxygens (including phenoxy) is 2. The molecule has 7 heteroatoms. The van der Waals surface area contributed by atoms with E-state index in [2.05, 4.69) is 41.9 Å². The lowest BCUT2D eigenvalue weighted by Gasteiger charge is -2.25. The Morgan fingerprint density at radius 1 is 1.03 bits per heavy atom. The van der Waals surface area contributed by atoms with Gasteiger partial charge in [0.25, 0.3) is 0 Å². The molecule has 6 nitrogen and oxygen atoms in total. The number of anilines is 1. The second kappa shape index (κ2) is 12.3. The number of halogens is 1. The molecular weight excluding hydrogens is 493 g/mol. The lowest BCUT2D eigenvalue weighted by atomic mass is 10.1. The quantitative estimate of drug-likeness (QED) is 0.295. The summed E-state index contributed by atoms with van der Waals surface area (Å²) in [6.07, 6.45) is 3.53. The molecule has 0 saturated carbocycles. The van der Waals surface area contributed by atoms with Gasteiger partial charge in [-0.3, -0.25) is 0 Å². The van der Waals surface area contributed by atoms with Gasteiger partial charge in [-0.25, -0.2) is 14.2 Å². The molecule has 2 aromatic carbocycles. The van der Waals surface area contributed by atoms with Crippen molar-refractivity contribution >= 4 is 17.5 Å². The van der Waals surface area contributed by atoms with Crippen molar-refractivity contribution in [3.63, 3.8) is 0 Å². The minimum atomic E-state index is -0.538. The van der Waals surface area contributed by atoms with Crippen molar-refractivity contribution in [1.82, 2.24) is 9.88 Å². The molecule has 0 atom stereocenters. The van der Waals surface area contributed by atoms with E-state index in [0.717, 1.165) is 33.8 Å². The highest BCUT2D eigenvalue weighted by Crippen LogP contribution is 2.27. The number of pyridine rings is 1. The van der Waals surface area contributed by atoms with Crippen LogP contribution < -0.4 is 9.64 Å². The Morgan fingerprint density at radius 2 is 1.67 bits per heavy atom. The summed E-state index contributed by atoms with van der Waals surface area (Å²) in [5.41, 5.74) is 3.61. The van der Waals surface area contributed by atoms with Crippen molar-refractivity contribution in [2.75, 3.05) is 24.6 Å². The summed E-state index contributed by atoms with van der Waals surface area (Å²) in [5, 5.41) is 0. The Hall–Kier alpha value is -3.87. The average molecular weight is 532 g/mol. The predicted molar refractivity (Wildman–Crippen MR) is 153 cm³/mol. The smallest absolute Gasteiger partial charge is 0.410 e.